The molecule has 1 amide bonds. The number of rotatable bonds is 8. The van der Waals surface area contributed by atoms with Crippen LogP contribution in [0.25, 0.3) is 0 Å². The normalized spacial score (nSPS) is 13.7. The molecule has 1 unspecified atom stereocenters. The smallest absolute Gasteiger partial charge is 0.405 e. The first-order valence-corrected chi connectivity index (χ1v) is 7.18. The molecule has 21 heavy (non-hydrogen) atoms. The summed E-state index contributed by atoms with van der Waals surface area (Å²) in [5.41, 5.74) is 5.68. The molecule has 0 spiro atoms. The highest BCUT2D eigenvalue weighted by molar-refractivity contribution is 6.36. The standard InChI is InChI=1S/C14H19Cl2NO4/c1-9(7-20-8-19-2)6-12(21-14(17)18)13-10(15)4-3-5-11(13)16/h3-5,9,12H,6-8H2,1-2H3,(H2,17,18)/t9-,12?/m0/s1. The molecule has 0 aromatic heterocycles. The second-order valence-corrected chi connectivity index (χ2v) is 5.49. The molecule has 0 saturated heterocycles. The van der Waals surface area contributed by atoms with E-state index in [4.69, 9.17) is 43.1 Å². The zero-order valence-corrected chi connectivity index (χ0v) is 13.5. The van der Waals surface area contributed by atoms with Crippen molar-refractivity contribution < 1.29 is 19.0 Å². The van der Waals surface area contributed by atoms with E-state index < -0.39 is 12.2 Å². The van der Waals surface area contributed by atoms with E-state index >= 15 is 0 Å². The number of hydrogen-bond donors (Lipinski definition) is 1. The molecule has 0 bridgehead atoms. The number of hydrogen-bond acceptors (Lipinski definition) is 4. The molecule has 7 heteroatoms. The molecule has 0 fully saturated rings. The van der Waals surface area contributed by atoms with Gasteiger partial charge >= 0.3 is 6.09 Å². The first-order valence-electron chi connectivity index (χ1n) is 6.42. The summed E-state index contributed by atoms with van der Waals surface area (Å²) >= 11 is 12.3. The Labute approximate surface area is 134 Å². The van der Waals surface area contributed by atoms with Crippen LogP contribution < -0.4 is 5.73 Å². The van der Waals surface area contributed by atoms with Crippen molar-refractivity contribution in [3.8, 4) is 0 Å². The van der Waals surface area contributed by atoms with Crippen molar-refractivity contribution in [1.82, 2.24) is 0 Å². The second-order valence-electron chi connectivity index (χ2n) is 4.68. The third-order valence-corrected chi connectivity index (χ3v) is 3.46. The maximum Gasteiger partial charge on any atom is 0.405 e. The van der Waals surface area contributed by atoms with Gasteiger partial charge in [-0.05, 0) is 24.5 Å². The summed E-state index contributed by atoms with van der Waals surface area (Å²) < 4.78 is 15.3. The van der Waals surface area contributed by atoms with Crippen molar-refractivity contribution in [3.63, 3.8) is 0 Å². The Balaban J connectivity index is 2.83. The number of primary amides is 1. The van der Waals surface area contributed by atoms with Crippen LogP contribution in [0, 0.1) is 5.92 Å². The van der Waals surface area contributed by atoms with Gasteiger partial charge in [0.25, 0.3) is 0 Å². The number of amides is 1. The first-order chi connectivity index (χ1) is 9.95. The lowest BCUT2D eigenvalue weighted by molar-refractivity contribution is -0.0465. The minimum Gasteiger partial charge on any atom is -0.441 e. The Morgan fingerprint density at radius 1 is 1.33 bits per heavy atom. The Hall–Kier alpha value is -1.01. The number of benzene rings is 1. The molecule has 0 heterocycles. The molecule has 2 atom stereocenters. The minimum atomic E-state index is -0.874. The Bertz CT molecular complexity index is 450. The van der Waals surface area contributed by atoms with E-state index in [0.29, 0.717) is 28.6 Å². The topological polar surface area (TPSA) is 70.8 Å². The van der Waals surface area contributed by atoms with Gasteiger partial charge in [-0.25, -0.2) is 4.79 Å². The Morgan fingerprint density at radius 3 is 2.48 bits per heavy atom. The average Bonchev–Trinajstić information content (AvgIpc) is 2.37. The molecule has 0 aliphatic rings. The maximum atomic E-state index is 11.1. The summed E-state index contributed by atoms with van der Waals surface area (Å²) in [6.07, 6.45) is -1.01. The van der Waals surface area contributed by atoms with Gasteiger partial charge in [0, 0.05) is 22.7 Å². The van der Waals surface area contributed by atoms with Gasteiger partial charge in [-0.2, -0.15) is 0 Å². The molecular weight excluding hydrogens is 317 g/mol. The summed E-state index contributed by atoms with van der Waals surface area (Å²) in [5, 5.41) is 0.859. The van der Waals surface area contributed by atoms with Crippen molar-refractivity contribution in [3.05, 3.63) is 33.8 Å². The second kappa shape index (κ2) is 9.10. The fourth-order valence-electron chi connectivity index (χ4n) is 1.95. The number of methoxy groups -OCH3 is 1. The van der Waals surface area contributed by atoms with Crippen molar-refractivity contribution in [2.24, 2.45) is 11.7 Å². The van der Waals surface area contributed by atoms with Crippen molar-refractivity contribution >= 4 is 29.3 Å². The lowest BCUT2D eigenvalue weighted by Gasteiger charge is -2.22. The highest BCUT2D eigenvalue weighted by atomic mass is 35.5. The van der Waals surface area contributed by atoms with E-state index in [0.717, 1.165) is 0 Å². The lowest BCUT2D eigenvalue weighted by Crippen LogP contribution is -2.21. The number of carbonyl (C=O) groups excluding carboxylic acids is 1. The quantitative estimate of drug-likeness (QED) is 0.579. The van der Waals surface area contributed by atoms with E-state index in [1.54, 1.807) is 25.3 Å². The molecule has 2 N–H and O–H groups in total. The zero-order chi connectivity index (χ0) is 15.8. The lowest BCUT2D eigenvalue weighted by atomic mass is 9.98. The fourth-order valence-corrected chi connectivity index (χ4v) is 2.59. The van der Waals surface area contributed by atoms with E-state index in [-0.39, 0.29) is 12.7 Å². The third kappa shape index (κ3) is 6.09. The molecule has 1 aromatic carbocycles. The summed E-state index contributed by atoms with van der Waals surface area (Å²) in [6, 6.07) is 5.10. The average molecular weight is 336 g/mol. The summed E-state index contributed by atoms with van der Waals surface area (Å²) in [5.74, 6) is 0.0943. The highest BCUT2D eigenvalue weighted by Crippen LogP contribution is 2.36. The molecule has 0 aliphatic heterocycles. The van der Waals surface area contributed by atoms with Crippen LogP contribution in [-0.4, -0.2) is 26.6 Å². The van der Waals surface area contributed by atoms with Crippen LogP contribution in [0.5, 0.6) is 0 Å². The van der Waals surface area contributed by atoms with E-state index in [9.17, 15) is 4.79 Å². The molecule has 0 saturated carbocycles. The molecule has 1 rings (SSSR count). The molecule has 0 radical (unpaired) electrons. The van der Waals surface area contributed by atoms with Crippen LogP contribution in [0.2, 0.25) is 10.0 Å². The van der Waals surface area contributed by atoms with Crippen LogP contribution in [0.1, 0.15) is 25.0 Å². The fraction of sp³-hybridized carbons (Fsp3) is 0.500. The predicted octanol–water partition coefficient (Wildman–Crippen LogP) is 3.78. The molecular formula is C14H19Cl2NO4. The monoisotopic (exact) mass is 335 g/mol. The van der Waals surface area contributed by atoms with Crippen LogP contribution in [0.3, 0.4) is 0 Å². The largest absolute Gasteiger partial charge is 0.441 e. The van der Waals surface area contributed by atoms with E-state index in [1.165, 1.54) is 0 Å². The number of ether oxygens (including phenoxy) is 3. The van der Waals surface area contributed by atoms with Gasteiger partial charge in [0.15, 0.2) is 0 Å². The van der Waals surface area contributed by atoms with E-state index in [2.05, 4.69) is 0 Å². The van der Waals surface area contributed by atoms with Crippen molar-refractivity contribution in [2.75, 3.05) is 20.5 Å². The Kier molecular flexibility index (Phi) is 7.82. The predicted molar refractivity (Wildman–Crippen MR) is 81.5 cm³/mol. The molecule has 5 nitrogen and oxygen atoms in total. The number of halogens is 2. The van der Waals surface area contributed by atoms with Crippen LogP contribution in [0.15, 0.2) is 18.2 Å². The Morgan fingerprint density at radius 2 is 1.95 bits per heavy atom. The van der Waals surface area contributed by atoms with Crippen molar-refractivity contribution in [1.29, 1.82) is 0 Å². The summed E-state index contributed by atoms with van der Waals surface area (Å²) in [4.78, 5) is 11.1. The SMILES string of the molecule is COCOC[C@@H](C)CC(OC(N)=O)c1c(Cl)cccc1Cl. The van der Waals surface area contributed by atoms with Gasteiger partial charge in [-0.15, -0.1) is 0 Å². The zero-order valence-electron chi connectivity index (χ0n) is 12.0. The summed E-state index contributed by atoms with van der Waals surface area (Å²) in [7, 11) is 1.55. The highest BCUT2D eigenvalue weighted by Gasteiger charge is 2.23. The van der Waals surface area contributed by atoms with Gasteiger partial charge in [0.2, 0.25) is 0 Å². The van der Waals surface area contributed by atoms with Crippen LogP contribution in [0.4, 0.5) is 4.79 Å². The maximum absolute atomic E-state index is 11.1. The van der Waals surface area contributed by atoms with Gasteiger partial charge in [0.1, 0.15) is 12.9 Å². The van der Waals surface area contributed by atoms with Crippen molar-refractivity contribution in [2.45, 2.75) is 19.4 Å². The van der Waals surface area contributed by atoms with Gasteiger partial charge in [-0.1, -0.05) is 36.2 Å². The summed E-state index contributed by atoms with van der Waals surface area (Å²) in [6.45, 7) is 2.62. The van der Waals surface area contributed by atoms with Gasteiger partial charge < -0.3 is 19.9 Å². The number of carbonyl (C=O) groups is 1. The van der Waals surface area contributed by atoms with Crippen LogP contribution in [-0.2, 0) is 14.2 Å². The third-order valence-electron chi connectivity index (χ3n) is 2.80. The van der Waals surface area contributed by atoms with Crippen LogP contribution >= 0.6 is 23.2 Å². The van der Waals surface area contributed by atoms with E-state index in [1.807, 2.05) is 6.92 Å². The van der Waals surface area contributed by atoms with Gasteiger partial charge in [0.05, 0.1) is 6.61 Å². The molecule has 1 aromatic rings. The minimum absolute atomic E-state index is 0.0943. The first kappa shape index (κ1) is 18.0. The molecule has 0 aliphatic carbocycles. The molecule has 118 valence electrons. The van der Waals surface area contributed by atoms with Gasteiger partial charge in [-0.3, -0.25) is 0 Å². The number of nitrogens with two attached hydrogens (primary N) is 1.